The van der Waals surface area contributed by atoms with Crippen LogP contribution in [0.25, 0.3) is 11.1 Å². The molecule has 3 aromatic carbocycles. The summed E-state index contributed by atoms with van der Waals surface area (Å²) in [7, 11) is 3.89. The van der Waals surface area contributed by atoms with E-state index in [-0.39, 0.29) is 33.0 Å². The van der Waals surface area contributed by atoms with Crippen molar-refractivity contribution in [2.24, 2.45) is 0 Å². The molecule has 0 aliphatic heterocycles. The number of ether oxygens (including phenoxy) is 3. The maximum Gasteiger partial charge on any atom is 0.142 e. The molecule has 1 atom stereocenters. The Morgan fingerprint density at radius 3 is 2.29 bits per heavy atom. The first-order chi connectivity index (χ1) is 24.6. The summed E-state index contributed by atoms with van der Waals surface area (Å²) in [6, 6.07) is 19.7. The zero-order valence-electron chi connectivity index (χ0n) is 29.9. The summed E-state index contributed by atoms with van der Waals surface area (Å²) in [4.78, 5) is 8.20. The first-order valence-corrected chi connectivity index (χ1v) is 17.5. The fraction of sp³-hybridized carbons (Fsp3) is 0.400. The maximum atomic E-state index is 9.96. The second-order valence-electron chi connectivity index (χ2n) is 12.8. The summed E-state index contributed by atoms with van der Waals surface area (Å²) in [5.74, 6) is 1.85. The molecule has 0 spiro atoms. The average Bonchev–Trinajstić information content (AvgIpc) is 3.12. The molecule has 10 nitrogen and oxygen atoms in total. The van der Waals surface area contributed by atoms with Crippen LogP contribution >= 0.6 is 11.6 Å². The number of aliphatic hydroxyl groups is 3. The maximum absolute atomic E-state index is 9.96. The van der Waals surface area contributed by atoms with Crippen LogP contribution in [0.15, 0.2) is 67.0 Å². The van der Waals surface area contributed by atoms with Crippen molar-refractivity contribution in [1.82, 2.24) is 14.8 Å². The number of rotatable bonds is 20. The number of aliphatic hydroxyl groups excluding tert-OH is 3. The van der Waals surface area contributed by atoms with Gasteiger partial charge in [0.1, 0.15) is 36.5 Å². The van der Waals surface area contributed by atoms with Crippen molar-refractivity contribution in [2.75, 3.05) is 53.6 Å². The summed E-state index contributed by atoms with van der Waals surface area (Å²) in [5.41, 5.74) is 7.29. The van der Waals surface area contributed by atoms with Gasteiger partial charge in [-0.2, -0.15) is 5.26 Å². The SMILES string of the molecule is Cc1c(COc2cc(OCc3cncc(C#N)c3)c(CN(C)CC(O)CO)cc2Cl)cccc1-c1cccc(OCCCN(C)CCCO)c1C. The first-order valence-electron chi connectivity index (χ1n) is 17.1. The van der Waals surface area contributed by atoms with Gasteiger partial charge in [-0.15, -0.1) is 0 Å². The molecule has 272 valence electrons. The Balaban J connectivity index is 1.51. The van der Waals surface area contributed by atoms with Crippen molar-refractivity contribution in [2.45, 2.75) is 52.6 Å². The topological polar surface area (TPSA) is 132 Å². The lowest BCUT2D eigenvalue weighted by atomic mass is 9.93. The van der Waals surface area contributed by atoms with Crippen LogP contribution in [0.3, 0.4) is 0 Å². The number of nitrogens with zero attached hydrogens (tertiary/aromatic N) is 4. The average molecular weight is 717 g/mol. The van der Waals surface area contributed by atoms with Gasteiger partial charge in [0.2, 0.25) is 0 Å². The molecule has 11 heteroatoms. The van der Waals surface area contributed by atoms with E-state index in [0.29, 0.717) is 35.2 Å². The van der Waals surface area contributed by atoms with E-state index >= 15 is 0 Å². The van der Waals surface area contributed by atoms with Gasteiger partial charge in [-0.05, 0) is 86.8 Å². The number of likely N-dealkylation sites (N-methyl/N-ethyl adjacent to an activating group) is 1. The van der Waals surface area contributed by atoms with Crippen molar-refractivity contribution in [3.8, 4) is 34.4 Å². The monoisotopic (exact) mass is 716 g/mol. The third-order valence-corrected chi connectivity index (χ3v) is 8.95. The standard InChI is InChI=1S/C40H49ClN4O6/c1-28-32(9-5-10-35(28)36-11-6-12-38(29(36)2)49-16-8-14-44(3)13-7-15-46)27-51-40-19-39(50-26-31-17-30(20-42)21-43-22-31)33(18-37(40)41)23-45(4)24-34(48)25-47/h5-6,9-12,17-19,21-22,34,46-48H,7-8,13-16,23-27H2,1-4H3. The molecular formula is C40H49ClN4O6. The quantitative estimate of drug-likeness (QED) is 0.0948. The fourth-order valence-electron chi connectivity index (χ4n) is 5.82. The summed E-state index contributed by atoms with van der Waals surface area (Å²) in [6.45, 7) is 7.50. The van der Waals surface area contributed by atoms with E-state index in [9.17, 15) is 15.5 Å². The minimum atomic E-state index is -0.879. The van der Waals surface area contributed by atoms with Crippen LogP contribution in [0.2, 0.25) is 5.02 Å². The van der Waals surface area contributed by atoms with Crippen LogP contribution in [-0.2, 0) is 19.8 Å². The van der Waals surface area contributed by atoms with E-state index in [0.717, 1.165) is 70.6 Å². The van der Waals surface area contributed by atoms with Crippen LogP contribution in [0.1, 0.15) is 46.2 Å². The van der Waals surface area contributed by atoms with Gasteiger partial charge in [-0.25, -0.2) is 0 Å². The minimum absolute atomic E-state index is 0.171. The Morgan fingerprint density at radius 1 is 0.824 bits per heavy atom. The highest BCUT2D eigenvalue weighted by molar-refractivity contribution is 6.32. The Morgan fingerprint density at radius 2 is 1.55 bits per heavy atom. The van der Waals surface area contributed by atoms with Crippen LogP contribution in [-0.4, -0.2) is 89.8 Å². The molecule has 1 unspecified atom stereocenters. The molecule has 0 bridgehead atoms. The Hall–Kier alpha value is -4.21. The molecule has 0 aliphatic carbocycles. The van der Waals surface area contributed by atoms with E-state index < -0.39 is 6.10 Å². The van der Waals surface area contributed by atoms with E-state index in [1.807, 2.05) is 36.2 Å². The molecule has 1 aromatic heterocycles. The molecule has 0 saturated carbocycles. The van der Waals surface area contributed by atoms with E-state index in [4.69, 9.17) is 30.9 Å². The number of nitriles is 1. The smallest absolute Gasteiger partial charge is 0.142 e. The summed E-state index contributed by atoms with van der Waals surface area (Å²) in [6.07, 6.45) is 3.93. The van der Waals surface area contributed by atoms with E-state index in [2.05, 4.69) is 49.0 Å². The molecule has 51 heavy (non-hydrogen) atoms. The first kappa shape index (κ1) is 39.6. The highest BCUT2D eigenvalue weighted by atomic mass is 35.5. The lowest BCUT2D eigenvalue weighted by Crippen LogP contribution is -2.31. The zero-order valence-corrected chi connectivity index (χ0v) is 30.7. The van der Waals surface area contributed by atoms with Crippen LogP contribution < -0.4 is 14.2 Å². The molecule has 0 aliphatic rings. The second-order valence-corrected chi connectivity index (χ2v) is 13.2. The molecule has 4 aromatic rings. The van der Waals surface area contributed by atoms with Gasteiger partial charge in [0, 0.05) is 62.4 Å². The molecule has 0 saturated heterocycles. The fourth-order valence-corrected chi connectivity index (χ4v) is 6.07. The van der Waals surface area contributed by atoms with Gasteiger partial charge in [-0.1, -0.05) is 41.9 Å². The van der Waals surface area contributed by atoms with Gasteiger partial charge in [0.15, 0.2) is 0 Å². The minimum Gasteiger partial charge on any atom is -0.493 e. The molecule has 1 heterocycles. The van der Waals surface area contributed by atoms with Crippen molar-refractivity contribution in [3.63, 3.8) is 0 Å². The third kappa shape index (κ3) is 11.7. The largest absolute Gasteiger partial charge is 0.493 e. The van der Waals surface area contributed by atoms with Gasteiger partial charge in [0.05, 0.1) is 29.9 Å². The highest BCUT2D eigenvalue weighted by Gasteiger charge is 2.17. The number of halogens is 1. The van der Waals surface area contributed by atoms with Crippen molar-refractivity contribution >= 4 is 11.6 Å². The van der Waals surface area contributed by atoms with Gasteiger partial charge >= 0.3 is 0 Å². The van der Waals surface area contributed by atoms with Gasteiger partial charge in [-0.3, -0.25) is 9.88 Å². The Labute approximate surface area is 306 Å². The van der Waals surface area contributed by atoms with E-state index in [1.54, 1.807) is 24.4 Å². The molecule has 4 rings (SSSR count). The van der Waals surface area contributed by atoms with Gasteiger partial charge < -0.3 is 34.4 Å². The molecule has 0 fully saturated rings. The number of pyridine rings is 1. The number of hydrogen-bond acceptors (Lipinski definition) is 10. The summed E-state index contributed by atoms with van der Waals surface area (Å²) >= 11 is 6.78. The van der Waals surface area contributed by atoms with Crippen LogP contribution in [0, 0.1) is 25.2 Å². The molecular weight excluding hydrogens is 668 g/mol. The molecule has 3 N–H and O–H groups in total. The van der Waals surface area contributed by atoms with Crippen molar-refractivity contribution in [1.29, 1.82) is 5.26 Å². The predicted octanol–water partition coefficient (Wildman–Crippen LogP) is 5.92. The second kappa shape index (κ2) is 20.0. The zero-order chi connectivity index (χ0) is 36.8. The highest BCUT2D eigenvalue weighted by Crippen LogP contribution is 2.36. The van der Waals surface area contributed by atoms with Crippen molar-refractivity contribution < 1.29 is 29.5 Å². The lowest BCUT2D eigenvalue weighted by Gasteiger charge is -2.22. The van der Waals surface area contributed by atoms with Crippen LogP contribution in [0.4, 0.5) is 0 Å². The molecule has 0 radical (unpaired) electrons. The normalized spacial score (nSPS) is 11.9. The summed E-state index contributed by atoms with van der Waals surface area (Å²) < 4.78 is 18.8. The predicted molar refractivity (Wildman–Crippen MR) is 199 cm³/mol. The number of hydrogen-bond donors (Lipinski definition) is 3. The number of aromatic nitrogens is 1. The van der Waals surface area contributed by atoms with E-state index in [1.165, 1.54) is 6.20 Å². The third-order valence-electron chi connectivity index (χ3n) is 8.65. The van der Waals surface area contributed by atoms with Gasteiger partial charge in [0.25, 0.3) is 0 Å². The Kier molecular flexibility index (Phi) is 15.5. The van der Waals surface area contributed by atoms with Crippen LogP contribution in [0.5, 0.6) is 17.2 Å². The van der Waals surface area contributed by atoms with Crippen molar-refractivity contribution in [3.05, 3.63) is 105 Å². The Bertz CT molecular complexity index is 1760. The summed E-state index contributed by atoms with van der Waals surface area (Å²) in [5, 5.41) is 38.0. The lowest BCUT2D eigenvalue weighted by molar-refractivity contribution is 0.0645. The molecule has 0 amide bonds. The number of benzene rings is 3.